The van der Waals surface area contributed by atoms with Gasteiger partial charge >= 0.3 is 0 Å². The van der Waals surface area contributed by atoms with Crippen molar-refractivity contribution in [3.05, 3.63) is 18.3 Å². The third-order valence-corrected chi connectivity index (χ3v) is 2.47. The molecule has 0 radical (unpaired) electrons. The first kappa shape index (κ1) is 11.1. The molecule has 78 valence electrons. The molecule has 1 aliphatic rings. The number of piperidine rings is 1. The zero-order valence-electron chi connectivity index (χ0n) is 8.15. The minimum absolute atomic E-state index is 0. The van der Waals surface area contributed by atoms with E-state index in [0.717, 1.165) is 24.6 Å². The van der Waals surface area contributed by atoms with Gasteiger partial charge in [-0.1, -0.05) is 0 Å². The zero-order chi connectivity index (χ0) is 9.10. The number of pyridine rings is 1. The predicted octanol–water partition coefficient (Wildman–Crippen LogP) is 2.08. The summed E-state index contributed by atoms with van der Waals surface area (Å²) in [7, 11) is 0. The van der Waals surface area contributed by atoms with E-state index in [2.05, 4.69) is 9.88 Å². The van der Waals surface area contributed by atoms with Crippen LogP contribution < -0.4 is 10.6 Å². The van der Waals surface area contributed by atoms with E-state index in [1.807, 2.05) is 12.1 Å². The molecule has 1 aromatic rings. The molecule has 0 aliphatic carbocycles. The van der Waals surface area contributed by atoms with Gasteiger partial charge < -0.3 is 10.6 Å². The van der Waals surface area contributed by atoms with Crippen LogP contribution in [-0.2, 0) is 0 Å². The van der Waals surface area contributed by atoms with Crippen LogP contribution in [0.4, 0.5) is 11.5 Å². The average molecular weight is 214 g/mol. The summed E-state index contributed by atoms with van der Waals surface area (Å²) in [6.45, 7) is 2.20. The van der Waals surface area contributed by atoms with Crippen LogP contribution in [0.15, 0.2) is 18.3 Å². The molecule has 1 aliphatic heterocycles. The van der Waals surface area contributed by atoms with E-state index in [4.69, 9.17) is 5.73 Å². The lowest BCUT2D eigenvalue weighted by atomic mass is 10.1. The van der Waals surface area contributed by atoms with Gasteiger partial charge in [-0.25, -0.2) is 4.98 Å². The molecule has 0 spiro atoms. The van der Waals surface area contributed by atoms with Crippen molar-refractivity contribution in [2.45, 2.75) is 19.3 Å². The van der Waals surface area contributed by atoms with Crippen LogP contribution in [0, 0.1) is 0 Å². The number of anilines is 2. The van der Waals surface area contributed by atoms with Gasteiger partial charge in [-0.05, 0) is 31.4 Å². The number of nitrogen functional groups attached to an aromatic ring is 1. The molecule has 2 rings (SSSR count). The summed E-state index contributed by atoms with van der Waals surface area (Å²) in [5.74, 6) is 0.960. The number of nitrogens with two attached hydrogens (primary N) is 1. The Morgan fingerprint density at radius 2 is 1.93 bits per heavy atom. The van der Waals surface area contributed by atoms with Gasteiger partial charge in [-0.2, -0.15) is 0 Å². The lowest BCUT2D eigenvalue weighted by molar-refractivity contribution is 0.574. The minimum atomic E-state index is 0. The Kier molecular flexibility index (Phi) is 4.01. The molecule has 0 bridgehead atoms. The molecule has 3 nitrogen and oxygen atoms in total. The van der Waals surface area contributed by atoms with Gasteiger partial charge in [0.1, 0.15) is 0 Å². The van der Waals surface area contributed by atoms with Crippen LogP contribution in [0.5, 0.6) is 0 Å². The van der Waals surface area contributed by atoms with Crippen molar-refractivity contribution in [2.24, 2.45) is 0 Å². The Morgan fingerprint density at radius 1 is 1.21 bits per heavy atom. The van der Waals surface area contributed by atoms with Crippen LogP contribution >= 0.6 is 12.4 Å². The van der Waals surface area contributed by atoms with Crippen molar-refractivity contribution in [2.75, 3.05) is 23.7 Å². The van der Waals surface area contributed by atoms with Crippen LogP contribution in [-0.4, -0.2) is 18.1 Å². The van der Waals surface area contributed by atoms with Crippen molar-refractivity contribution in [3.8, 4) is 0 Å². The van der Waals surface area contributed by atoms with Gasteiger partial charge in [0.2, 0.25) is 0 Å². The largest absolute Gasteiger partial charge is 0.396 e. The Morgan fingerprint density at radius 3 is 2.57 bits per heavy atom. The van der Waals surface area contributed by atoms with E-state index in [1.54, 1.807) is 6.20 Å². The minimum Gasteiger partial charge on any atom is -0.396 e. The van der Waals surface area contributed by atoms with Gasteiger partial charge in [0, 0.05) is 19.3 Å². The maximum atomic E-state index is 5.85. The Bertz CT molecular complexity index is 284. The highest BCUT2D eigenvalue weighted by atomic mass is 35.5. The van der Waals surface area contributed by atoms with Gasteiger partial charge in [-0.15, -0.1) is 12.4 Å². The maximum absolute atomic E-state index is 5.85. The Labute approximate surface area is 90.7 Å². The molecule has 1 saturated heterocycles. The first-order valence-corrected chi connectivity index (χ1v) is 4.83. The second-order valence-corrected chi connectivity index (χ2v) is 3.46. The van der Waals surface area contributed by atoms with E-state index in [9.17, 15) is 0 Å². The monoisotopic (exact) mass is 213 g/mol. The predicted molar refractivity (Wildman–Crippen MR) is 62.0 cm³/mol. The molecule has 0 aromatic carbocycles. The first-order valence-electron chi connectivity index (χ1n) is 4.83. The fourth-order valence-electron chi connectivity index (χ4n) is 1.78. The summed E-state index contributed by atoms with van der Waals surface area (Å²) in [6.07, 6.45) is 5.66. The molecule has 1 aromatic heterocycles. The summed E-state index contributed by atoms with van der Waals surface area (Å²) in [5.41, 5.74) is 6.64. The van der Waals surface area contributed by atoms with Crippen LogP contribution in [0.25, 0.3) is 0 Å². The van der Waals surface area contributed by atoms with Crippen LogP contribution in [0.1, 0.15) is 19.3 Å². The van der Waals surface area contributed by atoms with Crippen LogP contribution in [0.2, 0.25) is 0 Å². The van der Waals surface area contributed by atoms with E-state index >= 15 is 0 Å². The fraction of sp³-hybridized carbons (Fsp3) is 0.500. The number of hydrogen-bond acceptors (Lipinski definition) is 3. The molecule has 0 amide bonds. The summed E-state index contributed by atoms with van der Waals surface area (Å²) >= 11 is 0. The van der Waals surface area contributed by atoms with Gasteiger partial charge in [0.15, 0.2) is 5.82 Å². The highest BCUT2D eigenvalue weighted by molar-refractivity contribution is 5.85. The summed E-state index contributed by atoms with van der Waals surface area (Å²) in [5, 5.41) is 0. The second kappa shape index (κ2) is 5.05. The Hall–Kier alpha value is -0.960. The topological polar surface area (TPSA) is 42.1 Å². The highest BCUT2D eigenvalue weighted by Gasteiger charge is 2.13. The number of halogens is 1. The highest BCUT2D eigenvalue weighted by Crippen LogP contribution is 2.22. The molecule has 2 heterocycles. The van der Waals surface area contributed by atoms with E-state index in [-0.39, 0.29) is 12.4 Å². The lowest BCUT2D eigenvalue weighted by Gasteiger charge is -2.28. The molecule has 0 atom stereocenters. The quantitative estimate of drug-likeness (QED) is 0.777. The average Bonchev–Trinajstić information content (AvgIpc) is 2.20. The van der Waals surface area contributed by atoms with E-state index < -0.39 is 0 Å². The van der Waals surface area contributed by atoms with Gasteiger partial charge in [0.05, 0.1) is 5.69 Å². The second-order valence-electron chi connectivity index (χ2n) is 3.46. The standard InChI is InChI=1S/C10H15N3.ClH/c11-9-5-4-6-12-10(9)13-7-2-1-3-8-13;/h4-6H,1-3,7-8,11H2;1H. The summed E-state index contributed by atoms with van der Waals surface area (Å²) < 4.78 is 0. The lowest BCUT2D eigenvalue weighted by Crippen LogP contribution is -2.30. The SMILES string of the molecule is Cl.Nc1cccnc1N1CCCCC1. The molecule has 14 heavy (non-hydrogen) atoms. The van der Waals surface area contributed by atoms with Crippen molar-refractivity contribution in [1.29, 1.82) is 0 Å². The van der Waals surface area contributed by atoms with Gasteiger partial charge in [0.25, 0.3) is 0 Å². The fourth-order valence-corrected chi connectivity index (χ4v) is 1.78. The third kappa shape index (κ3) is 2.29. The van der Waals surface area contributed by atoms with Crippen molar-refractivity contribution >= 4 is 23.9 Å². The van der Waals surface area contributed by atoms with Crippen molar-refractivity contribution < 1.29 is 0 Å². The summed E-state index contributed by atoms with van der Waals surface area (Å²) in [6, 6.07) is 3.79. The zero-order valence-corrected chi connectivity index (χ0v) is 8.96. The van der Waals surface area contributed by atoms with E-state index in [1.165, 1.54) is 19.3 Å². The third-order valence-electron chi connectivity index (χ3n) is 2.47. The van der Waals surface area contributed by atoms with Gasteiger partial charge in [-0.3, -0.25) is 0 Å². The summed E-state index contributed by atoms with van der Waals surface area (Å²) in [4.78, 5) is 6.58. The van der Waals surface area contributed by atoms with E-state index in [0.29, 0.717) is 0 Å². The molecular weight excluding hydrogens is 198 g/mol. The number of rotatable bonds is 1. The number of aromatic nitrogens is 1. The normalized spacial score (nSPS) is 16.1. The maximum Gasteiger partial charge on any atom is 0.151 e. The smallest absolute Gasteiger partial charge is 0.151 e. The number of nitrogens with zero attached hydrogens (tertiary/aromatic N) is 2. The molecule has 0 unspecified atom stereocenters. The molecule has 4 heteroatoms. The molecule has 0 saturated carbocycles. The number of hydrogen-bond donors (Lipinski definition) is 1. The molecule has 2 N–H and O–H groups in total. The molecule has 1 fully saturated rings. The molecular formula is C10H16ClN3. The first-order chi connectivity index (χ1) is 6.38. The van der Waals surface area contributed by atoms with Crippen molar-refractivity contribution in [3.63, 3.8) is 0 Å². The van der Waals surface area contributed by atoms with Crippen molar-refractivity contribution in [1.82, 2.24) is 4.98 Å². The Balaban J connectivity index is 0.000000980. The van der Waals surface area contributed by atoms with Crippen LogP contribution in [0.3, 0.4) is 0 Å².